The first-order chi connectivity index (χ1) is 49.7. The van der Waals surface area contributed by atoms with Gasteiger partial charge in [-0.25, -0.2) is 9.13 Å². The number of rotatable bonds is 76. The largest absolute Gasteiger partial charge is 0.472 e. The lowest BCUT2D eigenvalue weighted by molar-refractivity contribution is -0.161. The molecule has 2 unspecified atom stereocenters. The zero-order valence-electron chi connectivity index (χ0n) is 64.5. The molecule has 0 aromatic heterocycles. The molecule has 0 radical (unpaired) electrons. The van der Waals surface area contributed by atoms with E-state index in [1.165, 1.54) is 122 Å². The fourth-order valence-electron chi connectivity index (χ4n) is 10.8. The minimum atomic E-state index is -4.99. The minimum Gasteiger partial charge on any atom is -0.462 e. The van der Waals surface area contributed by atoms with Gasteiger partial charge in [0.15, 0.2) is 12.2 Å². The standard InChI is InChI=1S/C83H146O17P2/c1-5-9-13-17-21-25-29-33-37-38-42-46-50-54-58-62-66-70-83(88)100-79(74-94-81(86)68-64-60-56-52-48-44-40-35-31-27-23-19-15-11-7-3)76-98-102(91,92)96-72-77(84)71-95-101(89,90)97-75-78(99-82(87)69-65-61-57-53-49-45-41-36-32-28-24-20-16-12-8-4)73-93-80(85)67-63-59-55-51-47-43-39-34-30-26-22-18-14-10-6-2/h21,25,27,31,33-37,39-42,46,54,58,77-79,84H,5-20,22-24,26,28-30,32,38,43-45,47-53,55-57,59-76H2,1-4H3,(H,89,90)(H,91,92)/b25-21-,31-27-,37-33-,39-34-,40-35-,41-36-,46-42-,58-54-/t77-,78-,79-/m1/s1. The van der Waals surface area contributed by atoms with E-state index in [9.17, 15) is 43.2 Å². The van der Waals surface area contributed by atoms with Crippen LogP contribution in [0.1, 0.15) is 349 Å². The van der Waals surface area contributed by atoms with Crippen molar-refractivity contribution in [1.29, 1.82) is 0 Å². The van der Waals surface area contributed by atoms with Crippen LogP contribution in [0.2, 0.25) is 0 Å². The van der Waals surface area contributed by atoms with Crippen LogP contribution in [0.3, 0.4) is 0 Å². The number of phosphoric ester groups is 2. The summed E-state index contributed by atoms with van der Waals surface area (Å²) in [6.45, 7) is 4.76. The van der Waals surface area contributed by atoms with Crippen molar-refractivity contribution in [2.24, 2.45) is 0 Å². The van der Waals surface area contributed by atoms with Crippen molar-refractivity contribution in [3.63, 3.8) is 0 Å². The molecule has 0 bridgehead atoms. The fraction of sp³-hybridized carbons (Fsp3) is 0.759. The van der Waals surface area contributed by atoms with Gasteiger partial charge in [-0.05, 0) is 141 Å². The quantitative estimate of drug-likeness (QED) is 0.0128. The van der Waals surface area contributed by atoms with Crippen molar-refractivity contribution in [2.75, 3.05) is 39.6 Å². The number of phosphoric acid groups is 2. The zero-order chi connectivity index (χ0) is 74.6. The molecule has 0 aliphatic carbocycles. The Labute approximate surface area is 620 Å². The minimum absolute atomic E-state index is 0.0156. The summed E-state index contributed by atoms with van der Waals surface area (Å²) in [5, 5.41) is 10.6. The van der Waals surface area contributed by atoms with Crippen LogP contribution in [0.4, 0.5) is 0 Å². The van der Waals surface area contributed by atoms with Crippen LogP contribution in [-0.2, 0) is 65.4 Å². The van der Waals surface area contributed by atoms with Gasteiger partial charge in [0.1, 0.15) is 19.3 Å². The van der Waals surface area contributed by atoms with Crippen molar-refractivity contribution >= 4 is 39.5 Å². The van der Waals surface area contributed by atoms with Gasteiger partial charge in [-0.3, -0.25) is 37.3 Å². The molecule has 0 aromatic rings. The highest BCUT2D eigenvalue weighted by molar-refractivity contribution is 7.47. The van der Waals surface area contributed by atoms with Crippen LogP contribution < -0.4 is 0 Å². The normalized spacial score (nSPS) is 14.4. The third kappa shape index (κ3) is 74.3. The molecule has 0 aliphatic heterocycles. The van der Waals surface area contributed by atoms with Gasteiger partial charge in [-0.2, -0.15) is 0 Å². The zero-order valence-corrected chi connectivity index (χ0v) is 66.3. The number of esters is 4. The molecule has 590 valence electrons. The number of hydrogen-bond acceptors (Lipinski definition) is 15. The number of aliphatic hydroxyl groups is 1. The van der Waals surface area contributed by atoms with E-state index in [0.717, 1.165) is 141 Å². The highest BCUT2D eigenvalue weighted by atomic mass is 31.2. The van der Waals surface area contributed by atoms with E-state index < -0.39 is 97.5 Å². The number of unbranched alkanes of at least 4 members (excludes halogenated alkanes) is 35. The second kappa shape index (κ2) is 75.2. The molecule has 0 amide bonds. The maximum atomic E-state index is 13.1. The van der Waals surface area contributed by atoms with E-state index in [0.29, 0.717) is 32.1 Å². The van der Waals surface area contributed by atoms with Gasteiger partial charge in [-0.15, -0.1) is 0 Å². The SMILES string of the molecule is CCCCC/C=C\C/C=C\C/C=C\C/C=C\CCCC(=O)O[C@H](COC(=O)CCCCCCC/C=C\C=C/CCCCCC)COP(=O)(O)OC[C@H](O)COP(=O)(O)OC[C@@H](COC(=O)CCCCCCC/C=C\CCCCCCCC)OC(=O)CCCCCCC/C=C\CCCCCCCC. The lowest BCUT2D eigenvalue weighted by Gasteiger charge is -2.21. The van der Waals surface area contributed by atoms with Gasteiger partial charge in [0.2, 0.25) is 0 Å². The van der Waals surface area contributed by atoms with Crippen LogP contribution in [0.15, 0.2) is 97.2 Å². The Morgan fingerprint density at radius 3 is 0.873 bits per heavy atom. The first-order valence-corrected chi connectivity index (χ1v) is 43.5. The first-order valence-electron chi connectivity index (χ1n) is 40.5. The summed E-state index contributed by atoms with van der Waals surface area (Å²) in [7, 11) is -9.98. The predicted octanol–water partition coefficient (Wildman–Crippen LogP) is 23.6. The monoisotopic (exact) mass is 1480 g/mol. The van der Waals surface area contributed by atoms with Crippen LogP contribution in [0.25, 0.3) is 0 Å². The molecule has 17 nitrogen and oxygen atoms in total. The van der Waals surface area contributed by atoms with E-state index in [1.54, 1.807) is 0 Å². The number of allylic oxidation sites excluding steroid dienone is 16. The van der Waals surface area contributed by atoms with Crippen LogP contribution >= 0.6 is 15.6 Å². The maximum absolute atomic E-state index is 13.1. The summed E-state index contributed by atoms with van der Waals surface area (Å²) in [5.41, 5.74) is 0. The fourth-order valence-corrected chi connectivity index (χ4v) is 12.4. The molecule has 0 aliphatic rings. The summed E-state index contributed by atoms with van der Waals surface area (Å²) in [6.07, 6.45) is 79.6. The lowest BCUT2D eigenvalue weighted by Crippen LogP contribution is -2.30. The van der Waals surface area contributed by atoms with Gasteiger partial charge in [0.05, 0.1) is 26.4 Å². The van der Waals surface area contributed by atoms with Gasteiger partial charge < -0.3 is 33.8 Å². The Balaban J connectivity index is 5.43. The molecule has 0 aromatic carbocycles. The molecule has 102 heavy (non-hydrogen) atoms. The Kier molecular flexibility index (Phi) is 72.3. The molecule has 0 saturated heterocycles. The predicted molar refractivity (Wildman–Crippen MR) is 418 cm³/mol. The summed E-state index contributed by atoms with van der Waals surface area (Å²) in [6, 6.07) is 0. The second-order valence-corrected chi connectivity index (χ2v) is 29.9. The van der Waals surface area contributed by atoms with Crippen molar-refractivity contribution in [2.45, 2.75) is 367 Å². The van der Waals surface area contributed by atoms with E-state index >= 15 is 0 Å². The Morgan fingerprint density at radius 2 is 0.520 bits per heavy atom. The van der Waals surface area contributed by atoms with Crippen LogP contribution in [0, 0.1) is 0 Å². The van der Waals surface area contributed by atoms with Crippen molar-refractivity contribution in [1.82, 2.24) is 0 Å². The van der Waals surface area contributed by atoms with Gasteiger partial charge in [-0.1, -0.05) is 279 Å². The average molecular weight is 1480 g/mol. The van der Waals surface area contributed by atoms with E-state index in [-0.39, 0.29) is 25.7 Å². The molecule has 0 rings (SSSR count). The second-order valence-electron chi connectivity index (χ2n) is 27.0. The summed E-state index contributed by atoms with van der Waals surface area (Å²) < 4.78 is 68.5. The number of aliphatic hydroxyl groups excluding tert-OH is 1. The third-order valence-electron chi connectivity index (χ3n) is 17.0. The molecular formula is C83H146O17P2. The van der Waals surface area contributed by atoms with Crippen molar-refractivity contribution < 1.29 is 80.2 Å². The topological polar surface area (TPSA) is 237 Å². The number of ether oxygens (including phenoxy) is 4. The smallest absolute Gasteiger partial charge is 0.462 e. The van der Waals surface area contributed by atoms with Gasteiger partial charge in [0, 0.05) is 25.7 Å². The Hall–Kier alpha value is -4.02. The average Bonchev–Trinajstić information content (AvgIpc) is 0.917. The van der Waals surface area contributed by atoms with Crippen LogP contribution in [-0.4, -0.2) is 96.7 Å². The highest BCUT2D eigenvalue weighted by Gasteiger charge is 2.30. The molecular weight excluding hydrogens is 1330 g/mol. The Bertz CT molecular complexity index is 2310. The van der Waals surface area contributed by atoms with E-state index in [1.807, 2.05) is 12.2 Å². The first kappa shape index (κ1) is 98.0. The number of hydrogen-bond donors (Lipinski definition) is 3. The molecule has 19 heteroatoms. The number of carbonyl (C=O) groups excluding carboxylic acids is 4. The van der Waals surface area contributed by atoms with Crippen molar-refractivity contribution in [3.05, 3.63) is 97.2 Å². The molecule has 0 saturated carbocycles. The van der Waals surface area contributed by atoms with Crippen molar-refractivity contribution in [3.8, 4) is 0 Å². The Morgan fingerprint density at radius 1 is 0.284 bits per heavy atom. The third-order valence-corrected chi connectivity index (χ3v) is 18.9. The molecule has 0 spiro atoms. The lowest BCUT2D eigenvalue weighted by atomic mass is 10.1. The summed E-state index contributed by atoms with van der Waals surface area (Å²) in [5.74, 6) is -2.26. The summed E-state index contributed by atoms with van der Waals surface area (Å²) in [4.78, 5) is 73.0. The molecule has 0 heterocycles. The van der Waals surface area contributed by atoms with E-state index in [4.69, 9.17) is 37.0 Å². The maximum Gasteiger partial charge on any atom is 0.472 e. The highest BCUT2D eigenvalue weighted by Crippen LogP contribution is 2.45. The number of carbonyl (C=O) groups is 4. The van der Waals surface area contributed by atoms with Gasteiger partial charge >= 0.3 is 39.5 Å². The molecule has 3 N–H and O–H groups in total. The van der Waals surface area contributed by atoms with Crippen LogP contribution in [0.5, 0.6) is 0 Å². The van der Waals surface area contributed by atoms with E-state index in [2.05, 4.69) is 113 Å². The molecule has 5 atom stereocenters. The van der Waals surface area contributed by atoms with Gasteiger partial charge in [0.25, 0.3) is 0 Å². The molecule has 0 fully saturated rings. The summed E-state index contributed by atoms with van der Waals surface area (Å²) >= 11 is 0.